The molecule has 0 saturated carbocycles. The Hall–Kier alpha value is -0.770. The van der Waals surface area contributed by atoms with Gasteiger partial charge in [0.05, 0.1) is 6.10 Å². The van der Waals surface area contributed by atoms with E-state index in [0.717, 1.165) is 0 Å². The van der Waals surface area contributed by atoms with Crippen molar-refractivity contribution in [2.24, 2.45) is 5.73 Å². The van der Waals surface area contributed by atoms with E-state index in [4.69, 9.17) is 17.3 Å². The second kappa shape index (κ2) is 4.64. The van der Waals surface area contributed by atoms with Gasteiger partial charge in [-0.25, -0.2) is 0 Å². The third-order valence-corrected chi connectivity index (χ3v) is 2.42. The first-order chi connectivity index (χ1) is 6.56. The van der Waals surface area contributed by atoms with Crippen molar-refractivity contribution in [2.75, 3.05) is 0 Å². The van der Waals surface area contributed by atoms with Crippen molar-refractivity contribution in [3.05, 3.63) is 28.8 Å². The number of hydrogen-bond donors (Lipinski definition) is 3. The van der Waals surface area contributed by atoms with Crippen molar-refractivity contribution in [1.29, 1.82) is 0 Å². The van der Waals surface area contributed by atoms with E-state index in [1.165, 1.54) is 12.1 Å². The summed E-state index contributed by atoms with van der Waals surface area (Å²) in [5, 5.41) is 19.7. The van der Waals surface area contributed by atoms with Crippen LogP contribution in [-0.2, 0) is 0 Å². The fraction of sp³-hybridized carbons (Fsp3) is 0.400. The minimum Gasteiger partial charge on any atom is -0.508 e. The van der Waals surface area contributed by atoms with E-state index in [-0.39, 0.29) is 11.8 Å². The molecular weight excluding hydrogens is 202 g/mol. The van der Waals surface area contributed by atoms with Crippen LogP contribution in [0.5, 0.6) is 5.75 Å². The van der Waals surface area contributed by atoms with Crippen LogP contribution < -0.4 is 5.73 Å². The van der Waals surface area contributed by atoms with Gasteiger partial charge in [-0.2, -0.15) is 0 Å². The minimum atomic E-state index is -0.876. The normalized spacial score (nSPS) is 15.1. The molecule has 0 aliphatic heterocycles. The molecule has 0 aliphatic carbocycles. The van der Waals surface area contributed by atoms with Crippen LogP contribution in [0, 0.1) is 0 Å². The minimum absolute atomic E-state index is 0.0193. The van der Waals surface area contributed by atoms with Gasteiger partial charge in [-0.1, -0.05) is 18.5 Å². The standard InChI is InChI=1S/C10H14ClNO2/c1-2-8(12)10(14)7-5-6(11)3-4-9(7)13/h3-5,8,10,13-14H,2,12H2,1H3. The number of aliphatic hydroxyl groups excluding tert-OH is 1. The number of phenolic OH excluding ortho intramolecular Hbond substituents is 1. The molecule has 0 aliphatic rings. The Labute approximate surface area is 88.1 Å². The summed E-state index contributed by atoms with van der Waals surface area (Å²) in [7, 11) is 0. The van der Waals surface area contributed by atoms with Gasteiger partial charge in [0, 0.05) is 16.6 Å². The van der Waals surface area contributed by atoms with Crippen LogP contribution >= 0.6 is 11.6 Å². The lowest BCUT2D eigenvalue weighted by Gasteiger charge is -2.18. The van der Waals surface area contributed by atoms with E-state index in [1.54, 1.807) is 6.07 Å². The number of rotatable bonds is 3. The summed E-state index contributed by atoms with van der Waals surface area (Å²) < 4.78 is 0. The van der Waals surface area contributed by atoms with Crippen molar-refractivity contribution in [1.82, 2.24) is 0 Å². The summed E-state index contributed by atoms with van der Waals surface area (Å²) in [6, 6.07) is 4.14. The van der Waals surface area contributed by atoms with Crippen molar-refractivity contribution in [2.45, 2.75) is 25.5 Å². The first-order valence-corrected chi connectivity index (χ1v) is 4.86. The van der Waals surface area contributed by atoms with Gasteiger partial charge in [0.1, 0.15) is 5.75 Å². The molecule has 14 heavy (non-hydrogen) atoms. The van der Waals surface area contributed by atoms with Crippen LogP contribution in [0.1, 0.15) is 25.0 Å². The van der Waals surface area contributed by atoms with E-state index in [9.17, 15) is 10.2 Å². The average molecular weight is 216 g/mol. The summed E-state index contributed by atoms with van der Waals surface area (Å²) in [5.41, 5.74) is 6.04. The van der Waals surface area contributed by atoms with Crippen LogP contribution in [0.4, 0.5) is 0 Å². The zero-order valence-corrected chi connectivity index (χ0v) is 8.70. The van der Waals surface area contributed by atoms with Gasteiger partial charge in [0.15, 0.2) is 0 Å². The number of hydrogen-bond acceptors (Lipinski definition) is 3. The molecule has 1 aromatic rings. The zero-order chi connectivity index (χ0) is 10.7. The summed E-state index contributed by atoms with van der Waals surface area (Å²) >= 11 is 5.75. The molecule has 4 heteroatoms. The van der Waals surface area contributed by atoms with Crippen molar-refractivity contribution in [3.63, 3.8) is 0 Å². The molecule has 0 fully saturated rings. The fourth-order valence-corrected chi connectivity index (χ4v) is 1.40. The van der Waals surface area contributed by atoms with Crippen molar-refractivity contribution in [3.8, 4) is 5.75 Å². The average Bonchev–Trinajstić information content (AvgIpc) is 2.19. The van der Waals surface area contributed by atoms with Crippen LogP contribution in [-0.4, -0.2) is 16.3 Å². The highest BCUT2D eigenvalue weighted by atomic mass is 35.5. The summed E-state index contributed by atoms with van der Waals surface area (Å²) in [6.45, 7) is 1.87. The molecule has 3 nitrogen and oxygen atoms in total. The van der Waals surface area contributed by atoms with Gasteiger partial charge in [-0.05, 0) is 24.6 Å². The highest BCUT2D eigenvalue weighted by Gasteiger charge is 2.18. The molecule has 0 heterocycles. The Morgan fingerprint density at radius 3 is 2.71 bits per heavy atom. The monoisotopic (exact) mass is 215 g/mol. The highest BCUT2D eigenvalue weighted by Crippen LogP contribution is 2.29. The van der Waals surface area contributed by atoms with Crippen molar-refractivity contribution >= 4 is 11.6 Å². The Bertz CT molecular complexity index is 317. The number of aliphatic hydroxyl groups is 1. The van der Waals surface area contributed by atoms with E-state index in [1.807, 2.05) is 6.92 Å². The lowest BCUT2D eigenvalue weighted by atomic mass is 10.0. The summed E-state index contributed by atoms with van der Waals surface area (Å²) in [5.74, 6) is 0.0193. The fourth-order valence-electron chi connectivity index (χ4n) is 1.22. The number of aromatic hydroxyl groups is 1. The molecule has 2 atom stereocenters. The largest absolute Gasteiger partial charge is 0.508 e. The number of benzene rings is 1. The topological polar surface area (TPSA) is 66.5 Å². The molecule has 0 spiro atoms. The number of phenols is 1. The van der Waals surface area contributed by atoms with Gasteiger partial charge < -0.3 is 15.9 Å². The lowest BCUT2D eigenvalue weighted by molar-refractivity contribution is 0.141. The molecule has 1 aromatic carbocycles. The van der Waals surface area contributed by atoms with E-state index in [2.05, 4.69) is 0 Å². The van der Waals surface area contributed by atoms with Crippen LogP contribution in [0.25, 0.3) is 0 Å². The number of nitrogens with two attached hydrogens (primary N) is 1. The second-order valence-electron chi connectivity index (χ2n) is 3.22. The second-order valence-corrected chi connectivity index (χ2v) is 3.66. The number of halogens is 1. The SMILES string of the molecule is CCC(N)C(O)c1cc(Cl)ccc1O. The first kappa shape index (κ1) is 11.3. The predicted octanol–water partition coefficient (Wildman–Crippen LogP) is 1.82. The zero-order valence-electron chi connectivity index (χ0n) is 7.94. The maximum absolute atomic E-state index is 9.75. The maximum atomic E-state index is 9.75. The molecule has 2 unspecified atom stereocenters. The van der Waals surface area contributed by atoms with E-state index >= 15 is 0 Å². The van der Waals surface area contributed by atoms with Crippen LogP contribution in [0.2, 0.25) is 5.02 Å². The lowest BCUT2D eigenvalue weighted by Crippen LogP contribution is -2.27. The molecular formula is C10H14ClNO2. The quantitative estimate of drug-likeness (QED) is 0.721. The molecule has 1 rings (SSSR count). The van der Waals surface area contributed by atoms with Gasteiger partial charge >= 0.3 is 0 Å². The Balaban J connectivity index is 2.99. The third-order valence-electron chi connectivity index (χ3n) is 2.19. The Kier molecular flexibility index (Phi) is 3.75. The van der Waals surface area contributed by atoms with Gasteiger partial charge in [-0.3, -0.25) is 0 Å². The molecule has 0 radical (unpaired) electrons. The molecule has 0 bridgehead atoms. The van der Waals surface area contributed by atoms with E-state index in [0.29, 0.717) is 17.0 Å². The Morgan fingerprint density at radius 2 is 2.14 bits per heavy atom. The molecule has 0 amide bonds. The smallest absolute Gasteiger partial charge is 0.121 e. The van der Waals surface area contributed by atoms with Crippen LogP contribution in [0.3, 0.4) is 0 Å². The van der Waals surface area contributed by atoms with Gasteiger partial charge in [0.2, 0.25) is 0 Å². The summed E-state index contributed by atoms with van der Waals surface area (Å²) in [6.07, 6.45) is -0.244. The first-order valence-electron chi connectivity index (χ1n) is 4.48. The van der Waals surface area contributed by atoms with Crippen molar-refractivity contribution < 1.29 is 10.2 Å². The van der Waals surface area contributed by atoms with E-state index < -0.39 is 6.10 Å². The van der Waals surface area contributed by atoms with Crippen LogP contribution in [0.15, 0.2) is 18.2 Å². The maximum Gasteiger partial charge on any atom is 0.121 e. The molecule has 4 N–H and O–H groups in total. The molecule has 0 aromatic heterocycles. The Morgan fingerprint density at radius 1 is 1.50 bits per heavy atom. The van der Waals surface area contributed by atoms with Gasteiger partial charge in [-0.15, -0.1) is 0 Å². The predicted molar refractivity (Wildman–Crippen MR) is 56.3 cm³/mol. The van der Waals surface area contributed by atoms with Gasteiger partial charge in [0.25, 0.3) is 0 Å². The third kappa shape index (κ3) is 2.38. The molecule has 0 saturated heterocycles. The summed E-state index contributed by atoms with van der Waals surface area (Å²) in [4.78, 5) is 0. The molecule has 78 valence electrons. The highest BCUT2D eigenvalue weighted by molar-refractivity contribution is 6.30.